The van der Waals surface area contributed by atoms with Gasteiger partial charge in [-0.05, 0) is 29.8 Å². The monoisotopic (exact) mass is 344 g/mol. The molecular formula is C18H17ClN2O3. The van der Waals surface area contributed by atoms with Gasteiger partial charge in [0, 0.05) is 17.1 Å². The number of rotatable bonds is 4. The highest BCUT2D eigenvalue weighted by Crippen LogP contribution is 2.36. The van der Waals surface area contributed by atoms with Gasteiger partial charge in [0.05, 0.1) is 12.2 Å². The first-order valence-corrected chi connectivity index (χ1v) is 8.06. The highest BCUT2D eigenvalue weighted by atomic mass is 35.5. The smallest absolute Gasteiger partial charge is 0.265 e. The molecule has 0 aliphatic carbocycles. The van der Waals surface area contributed by atoms with Gasteiger partial charge in [-0.1, -0.05) is 36.7 Å². The van der Waals surface area contributed by atoms with Crippen molar-refractivity contribution in [2.75, 3.05) is 16.8 Å². The first-order chi connectivity index (χ1) is 11.6. The summed E-state index contributed by atoms with van der Waals surface area (Å²) in [5.74, 6) is 0.369. The van der Waals surface area contributed by atoms with E-state index in [1.165, 1.54) is 0 Å². The van der Waals surface area contributed by atoms with Crippen LogP contribution in [0, 0.1) is 0 Å². The number of carbonyl (C=O) groups excluding carboxylic acids is 2. The van der Waals surface area contributed by atoms with Crippen molar-refractivity contribution in [3.63, 3.8) is 0 Å². The number of amides is 2. The summed E-state index contributed by atoms with van der Waals surface area (Å²) in [6, 6.07) is 12.7. The standard InChI is InChI=1S/C18H17ClN2O3/c1-2-17(22)20-13-7-8-16-15(9-13)21(18(23)11-24-16)10-12-5-3-4-6-14(12)19/h3-9H,2,10-11H2,1H3,(H,20,22). The quantitative estimate of drug-likeness (QED) is 0.921. The van der Waals surface area contributed by atoms with E-state index in [9.17, 15) is 9.59 Å². The van der Waals surface area contributed by atoms with Crippen LogP contribution in [0.4, 0.5) is 11.4 Å². The molecule has 0 spiro atoms. The SMILES string of the molecule is CCC(=O)Nc1ccc2c(c1)N(Cc1ccccc1Cl)C(=O)CO2. The molecule has 1 aliphatic rings. The summed E-state index contributed by atoms with van der Waals surface area (Å²) < 4.78 is 5.48. The normalized spacial score (nSPS) is 13.2. The lowest BCUT2D eigenvalue weighted by Crippen LogP contribution is -2.38. The molecule has 0 bridgehead atoms. The van der Waals surface area contributed by atoms with E-state index in [-0.39, 0.29) is 18.4 Å². The fraction of sp³-hybridized carbons (Fsp3) is 0.222. The molecule has 6 heteroatoms. The number of hydrogen-bond acceptors (Lipinski definition) is 3. The molecule has 0 saturated carbocycles. The van der Waals surface area contributed by atoms with E-state index in [0.29, 0.717) is 35.1 Å². The number of ether oxygens (including phenoxy) is 1. The van der Waals surface area contributed by atoms with Gasteiger partial charge in [0.15, 0.2) is 6.61 Å². The second-order valence-electron chi connectivity index (χ2n) is 5.44. The van der Waals surface area contributed by atoms with E-state index in [1.807, 2.05) is 18.2 Å². The molecule has 24 heavy (non-hydrogen) atoms. The summed E-state index contributed by atoms with van der Waals surface area (Å²) in [5, 5.41) is 3.40. The van der Waals surface area contributed by atoms with Crippen LogP contribution in [-0.4, -0.2) is 18.4 Å². The Labute approximate surface area is 145 Å². The second-order valence-corrected chi connectivity index (χ2v) is 5.85. The van der Waals surface area contributed by atoms with Gasteiger partial charge in [0.2, 0.25) is 5.91 Å². The van der Waals surface area contributed by atoms with Gasteiger partial charge in [-0.15, -0.1) is 0 Å². The zero-order valence-corrected chi connectivity index (χ0v) is 14.0. The topological polar surface area (TPSA) is 58.6 Å². The van der Waals surface area contributed by atoms with Crippen molar-refractivity contribution in [3.05, 3.63) is 53.1 Å². The van der Waals surface area contributed by atoms with Gasteiger partial charge in [0.1, 0.15) is 5.75 Å². The second kappa shape index (κ2) is 6.93. The average Bonchev–Trinajstić information content (AvgIpc) is 2.59. The number of benzene rings is 2. The third kappa shape index (κ3) is 3.36. The van der Waals surface area contributed by atoms with Gasteiger partial charge in [-0.2, -0.15) is 0 Å². The fourth-order valence-corrected chi connectivity index (χ4v) is 2.70. The molecule has 1 aliphatic heterocycles. The molecule has 0 saturated heterocycles. The zero-order valence-electron chi connectivity index (χ0n) is 13.2. The van der Waals surface area contributed by atoms with Crippen molar-refractivity contribution in [1.29, 1.82) is 0 Å². The van der Waals surface area contributed by atoms with Crippen LogP contribution in [0.3, 0.4) is 0 Å². The molecule has 3 rings (SSSR count). The lowest BCUT2D eigenvalue weighted by molar-refractivity contribution is -0.121. The Morgan fingerprint density at radius 2 is 2.08 bits per heavy atom. The summed E-state index contributed by atoms with van der Waals surface area (Å²) in [6.45, 7) is 2.11. The highest BCUT2D eigenvalue weighted by Gasteiger charge is 2.26. The number of carbonyl (C=O) groups is 2. The molecule has 1 heterocycles. The maximum atomic E-state index is 12.3. The first-order valence-electron chi connectivity index (χ1n) is 7.69. The molecule has 2 aromatic rings. The van der Waals surface area contributed by atoms with E-state index in [0.717, 1.165) is 5.56 Å². The minimum Gasteiger partial charge on any atom is -0.482 e. The molecule has 0 fully saturated rings. The maximum absolute atomic E-state index is 12.3. The summed E-state index contributed by atoms with van der Waals surface area (Å²) in [4.78, 5) is 25.5. The van der Waals surface area contributed by atoms with Gasteiger partial charge in [-0.25, -0.2) is 0 Å². The molecule has 1 N–H and O–H groups in total. The average molecular weight is 345 g/mol. The Kier molecular flexibility index (Phi) is 4.71. The Hall–Kier alpha value is -2.53. The predicted molar refractivity (Wildman–Crippen MR) is 93.5 cm³/mol. The van der Waals surface area contributed by atoms with Gasteiger partial charge in [-0.3, -0.25) is 9.59 Å². The zero-order chi connectivity index (χ0) is 17.1. The van der Waals surface area contributed by atoms with Crippen LogP contribution in [0.25, 0.3) is 0 Å². The Balaban J connectivity index is 1.93. The molecule has 2 aromatic carbocycles. The van der Waals surface area contributed by atoms with Crippen LogP contribution in [-0.2, 0) is 16.1 Å². The van der Waals surface area contributed by atoms with E-state index in [2.05, 4.69) is 5.32 Å². The van der Waals surface area contributed by atoms with Crippen LogP contribution >= 0.6 is 11.6 Å². The third-order valence-electron chi connectivity index (χ3n) is 3.79. The number of anilines is 2. The largest absolute Gasteiger partial charge is 0.482 e. The van der Waals surface area contributed by atoms with E-state index < -0.39 is 0 Å². The van der Waals surface area contributed by atoms with Crippen LogP contribution in [0.15, 0.2) is 42.5 Å². The summed E-state index contributed by atoms with van der Waals surface area (Å²) in [7, 11) is 0. The summed E-state index contributed by atoms with van der Waals surface area (Å²) in [5.41, 5.74) is 2.10. The Morgan fingerprint density at radius 3 is 2.83 bits per heavy atom. The molecule has 0 aromatic heterocycles. The van der Waals surface area contributed by atoms with E-state index >= 15 is 0 Å². The number of nitrogens with one attached hydrogen (secondary N) is 1. The van der Waals surface area contributed by atoms with Crippen molar-refractivity contribution in [3.8, 4) is 5.75 Å². The Morgan fingerprint density at radius 1 is 1.29 bits per heavy atom. The van der Waals surface area contributed by atoms with Crippen LogP contribution in [0.5, 0.6) is 5.75 Å². The van der Waals surface area contributed by atoms with E-state index in [4.69, 9.17) is 16.3 Å². The van der Waals surface area contributed by atoms with E-state index in [1.54, 1.807) is 36.1 Å². The molecule has 2 amide bonds. The summed E-state index contributed by atoms with van der Waals surface area (Å²) in [6.07, 6.45) is 0.385. The highest BCUT2D eigenvalue weighted by molar-refractivity contribution is 6.31. The van der Waals surface area contributed by atoms with Gasteiger partial charge < -0.3 is 15.0 Å². The molecule has 0 unspecified atom stereocenters. The fourth-order valence-electron chi connectivity index (χ4n) is 2.50. The molecule has 0 radical (unpaired) electrons. The van der Waals surface area contributed by atoms with Crippen molar-refractivity contribution in [2.24, 2.45) is 0 Å². The number of nitrogens with zero attached hydrogens (tertiary/aromatic N) is 1. The van der Waals surface area contributed by atoms with Gasteiger partial charge >= 0.3 is 0 Å². The lowest BCUT2D eigenvalue weighted by atomic mass is 10.1. The van der Waals surface area contributed by atoms with Crippen molar-refractivity contribution in [2.45, 2.75) is 19.9 Å². The minimum atomic E-state index is -0.151. The number of fused-ring (bicyclic) bond motifs is 1. The third-order valence-corrected chi connectivity index (χ3v) is 4.16. The first kappa shape index (κ1) is 16.3. The maximum Gasteiger partial charge on any atom is 0.265 e. The van der Waals surface area contributed by atoms with Crippen molar-refractivity contribution >= 4 is 34.8 Å². The van der Waals surface area contributed by atoms with Crippen LogP contribution in [0.1, 0.15) is 18.9 Å². The molecular weight excluding hydrogens is 328 g/mol. The lowest BCUT2D eigenvalue weighted by Gasteiger charge is -2.30. The number of halogens is 1. The molecule has 5 nitrogen and oxygen atoms in total. The summed E-state index contributed by atoms with van der Waals surface area (Å²) >= 11 is 6.21. The minimum absolute atomic E-state index is 0.0158. The molecule has 124 valence electrons. The number of hydrogen-bond donors (Lipinski definition) is 1. The molecule has 0 atom stereocenters. The predicted octanol–water partition coefficient (Wildman–Crippen LogP) is 3.61. The van der Waals surface area contributed by atoms with Gasteiger partial charge in [0.25, 0.3) is 5.91 Å². The van der Waals surface area contributed by atoms with Crippen LogP contribution in [0.2, 0.25) is 5.02 Å². The Bertz CT molecular complexity index is 792. The van der Waals surface area contributed by atoms with Crippen LogP contribution < -0.4 is 15.0 Å². The van der Waals surface area contributed by atoms with Crippen molar-refractivity contribution in [1.82, 2.24) is 0 Å². The van der Waals surface area contributed by atoms with Crippen molar-refractivity contribution < 1.29 is 14.3 Å².